The van der Waals surface area contributed by atoms with Crippen LogP contribution in [-0.2, 0) is 11.2 Å². The molecule has 21 heavy (non-hydrogen) atoms. The van der Waals surface area contributed by atoms with Crippen molar-refractivity contribution in [1.29, 1.82) is 0 Å². The number of hydrogen-bond acceptors (Lipinski definition) is 1. The van der Waals surface area contributed by atoms with Gasteiger partial charge in [-0.1, -0.05) is 39.0 Å². The topological polar surface area (TPSA) is 33.5 Å². The number of hydrogen-bond donors (Lipinski definition) is 2. The molecule has 1 unspecified atom stereocenters. The Kier molecular flexibility index (Phi) is 5.40. The van der Waals surface area contributed by atoms with Crippen LogP contribution in [0.1, 0.15) is 38.3 Å². The second-order valence-electron chi connectivity index (χ2n) is 6.79. The van der Waals surface area contributed by atoms with Crippen molar-refractivity contribution in [2.45, 2.75) is 40.5 Å². The average Bonchev–Trinajstić information content (AvgIpc) is 2.39. The van der Waals surface area contributed by atoms with Crippen LogP contribution < -0.4 is 10.2 Å². The van der Waals surface area contributed by atoms with Crippen LogP contribution in [0.4, 0.5) is 5.69 Å². The van der Waals surface area contributed by atoms with Gasteiger partial charge in [0.1, 0.15) is 0 Å². The molecule has 0 saturated carbocycles. The number of carbonyl (C=O) groups is 1. The molecule has 0 aromatic heterocycles. The number of benzene rings is 1. The van der Waals surface area contributed by atoms with Crippen LogP contribution in [0.15, 0.2) is 18.2 Å². The SMILES string of the molecule is CCc1cccc(C)c1NC(=O)C[NH+]1C[C@H](C)C[C@H](C)C1. The van der Waals surface area contributed by atoms with Gasteiger partial charge in [0.05, 0.1) is 13.1 Å². The molecule has 1 saturated heterocycles. The first kappa shape index (κ1) is 16.0. The number of anilines is 1. The lowest BCUT2D eigenvalue weighted by Gasteiger charge is -2.31. The molecule has 0 bridgehead atoms. The van der Waals surface area contributed by atoms with Gasteiger partial charge < -0.3 is 10.2 Å². The van der Waals surface area contributed by atoms with Crippen molar-refractivity contribution in [2.75, 3.05) is 25.0 Å². The molecule has 1 aromatic rings. The standard InChI is InChI=1S/C18H28N2O/c1-5-16-8-6-7-15(4)18(16)19-17(21)12-20-10-13(2)9-14(3)11-20/h6-8,13-14H,5,9-12H2,1-4H3,(H,19,21)/p+1/t13-,14+. The number of quaternary nitrogens is 1. The quantitative estimate of drug-likeness (QED) is 0.874. The van der Waals surface area contributed by atoms with Crippen LogP contribution in [-0.4, -0.2) is 25.5 Å². The summed E-state index contributed by atoms with van der Waals surface area (Å²) in [6.07, 6.45) is 2.24. The molecular weight excluding hydrogens is 260 g/mol. The van der Waals surface area contributed by atoms with E-state index in [1.807, 2.05) is 0 Å². The van der Waals surface area contributed by atoms with E-state index in [1.165, 1.54) is 16.9 Å². The first-order valence-corrected chi connectivity index (χ1v) is 8.21. The molecule has 1 fully saturated rings. The number of rotatable bonds is 4. The van der Waals surface area contributed by atoms with Crippen LogP contribution in [0.2, 0.25) is 0 Å². The van der Waals surface area contributed by atoms with Gasteiger partial charge >= 0.3 is 0 Å². The zero-order valence-corrected chi connectivity index (χ0v) is 13.8. The highest BCUT2D eigenvalue weighted by molar-refractivity contribution is 5.93. The van der Waals surface area contributed by atoms with Crippen LogP contribution in [0.3, 0.4) is 0 Å². The highest BCUT2D eigenvalue weighted by Crippen LogP contribution is 2.20. The van der Waals surface area contributed by atoms with E-state index in [9.17, 15) is 4.79 Å². The maximum absolute atomic E-state index is 12.4. The van der Waals surface area contributed by atoms with Crippen molar-refractivity contribution in [1.82, 2.24) is 0 Å². The minimum atomic E-state index is 0.148. The third kappa shape index (κ3) is 4.31. The highest BCUT2D eigenvalue weighted by atomic mass is 16.2. The zero-order chi connectivity index (χ0) is 15.4. The van der Waals surface area contributed by atoms with Crippen molar-refractivity contribution < 1.29 is 9.69 Å². The normalized spacial score (nSPS) is 25.6. The Balaban J connectivity index is 1.99. The van der Waals surface area contributed by atoms with Gasteiger partial charge in [-0.25, -0.2) is 0 Å². The summed E-state index contributed by atoms with van der Waals surface area (Å²) in [5.41, 5.74) is 3.39. The first-order chi connectivity index (χ1) is 9.99. The highest BCUT2D eigenvalue weighted by Gasteiger charge is 2.26. The molecule has 1 aromatic carbocycles. The summed E-state index contributed by atoms with van der Waals surface area (Å²) in [5.74, 6) is 1.60. The van der Waals surface area contributed by atoms with Crippen LogP contribution >= 0.6 is 0 Å². The van der Waals surface area contributed by atoms with Crippen molar-refractivity contribution in [3.05, 3.63) is 29.3 Å². The van der Waals surface area contributed by atoms with E-state index in [0.29, 0.717) is 6.54 Å². The molecule has 3 nitrogen and oxygen atoms in total. The smallest absolute Gasteiger partial charge is 0.279 e. The van der Waals surface area contributed by atoms with Gasteiger partial charge in [-0.2, -0.15) is 0 Å². The summed E-state index contributed by atoms with van der Waals surface area (Å²) in [6, 6.07) is 6.22. The van der Waals surface area contributed by atoms with Gasteiger partial charge in [-0.05, 0) is 30.9 Å². The molecule has 116 valence electrons. The molecule has 0 aliphatic carbocycles. The van der Waals surface area contributed by atoms with Gasteiger partial charge in [0, 0.05) is 17.5 Å². The zero-order valence-electron chi connectivity index (χ0n) is 13.8. The van der Waals surface area contributed by atoms with E-state index >= 15 is 0 Å². The Morgan fingerprint density at radius 1 is 1.29 bits per heavy atom. The van der Waals surface area contributed by atoms with E-state index in [4.69, 9.17) is 0 Å². The summed E-state index contributed by atoms with van der Waals surface area (Å²) in [5, 5.41) is 3.15. The van der Waals surface area contributed by atoms with E-state index in [0.717, 1.165) is 42.6 Å². The van der Waals surface area contributed by atoms with Gasteiger partial charge in [-0.3, -0.25) is 4.79 Å². The Morgan fingerprint density at radius 2 is 1.95 bits per heavy atom. The fraction of sp³-hybridized carbons (Fsp3) is 0.611. The number of para-hydroxylation sites is 1. The van der Waals surface area contributed by atoms with Crippen LogP contribution in [0, 0.1) is 18.8 Å². The lowest BCUT2D eigenvalue weighted by atomic mass is 9.92. The average molecular weight is 289 g/mol. The number of carbonyl (C=O) groups excluding carboxylic acids is 1. The lowest BCUT2D eigenvalue weighted by molar-refractivity contribution is -0.904. The summed E-state index contributed by atoms with van der Waals surface area (Å²) in [4.78, 5) is 13.8. The molecule has 0 spiro atoms. The van der Waals surface area contributed by atoms with E-state index in [-0.39, 0.29) is 5.91 Å². The molecule has 1 aliphatic heterocycles. The third-order valence-electron chi connectivity index (χ3n) is 4.49. The minimum absolute atomic E-state index is 0.148. The predicted molar refractivity (Wildman–Crippen MR) is 87.7 cm³/mol. The largest absolute Gasteiger partial charge is 0.327 e. The Hall–Kier alpha value is -1.35. The maximum Gasteiger partial charge on any atom is 0.279 e. The molecule has 2 N–H and O–H groups in total. The molecule has 0 radical (unpaired) electrons. The summed E-state index contributed by atoms with van der Waals surface area (Å²) in [6.45, 7) is 11.6. The molecule has 3 heteroatoms. The lowest BCUT2D eigenvalue weighted by Crippen LogP contribution is -3.15. The predicted octanol–water partition coefficient (Wildman–Crippen LogP) is 2.06. The number of nitrogens with one attached hydrogen (secondary N) is 2. The Morgan fingerprint density at radius 3 is 2.57 bits per heavy atom. The van der Waals surface area contributed by atoms with E-state index < -0.39 is 0 Å². The van der Waals surface area contributed by atoms with Crippen LogP contribution in [0.5, 0.6) is 0 Å². The van der Waals surface area contributed by atoms with Crippen molar-refractivity contribution >= 4 is 11.6 Å². The Labute approximate surface area is 128 Å². The molecule has 1 amide bonds. The molecular formula is C18H29N2O+. The molecule has 2 rings (SSSR count). The van der Waals surface area contributed by atoms with Crippen molar-refractivity contribution in [3.8, 4) is 0 Å². The second-order valence-corrected chi connectivity index (χ2v) is 6.79. The second kappa shape index (κ2) is 7.08. The van der Waals surface area contributed by atoms with E-state index in [1.54, 1.807) is 0 Å². The van der Waals surface area contributed by atoms with Gasteiger partial charge in [0.15, 0.2) is 6.54 Å². The summed E-state index contributed by atoms with van der Waals surface area (Å²) < 4.78 is 0. The molecule has 1 aliphatic rings. The van der Waals surface area contributed by atoms with Gasteiger partial charge in [-0.15, -0.1) is 0 Å². The maximum atomic E-state index is 12.4. The Bertz CT molecular complexity index is 488. The van der Waals surface area contributed by atoms with Gasteiger partial charge in [0.25, 0.3) is 5.91 Å². The first-order valence-electron chi connectivity index (χ1n) is 8.21. The van der Waals surface area contributed by atoms with E-state index in [2.05, 4.69) is 51.2 Å². The molecule has 1 heterocycles. The minimum Gasteiger partial charge on any atom is -0.327 e. The van der Waals surface area contributed by atoms with Gasteiger partial charge in [0.2, 0.25) is 0 Å². The fourth-order valence-corrected chi connectivity index (χ4v) is 3.68. The monoisotopic (exact) mass is 289 g/mol. The third-order valence-corrected chi connectivity index (χ3v) is 4.49. The summed E-state index contributed by atoms with van der Waals surface area (Å²) >= 11 is 0. The van der Waals surface area contributed by atoms with Crippen molar-refractivity contribution in [2.24, 2.45) is 11.8 Å². The van der Waals surface area contributed by atoms with Crippen LogP contribution in [0.25, 0.3) is 0 Å². The number of likely N-dealkylation sites (tertiary alicyclic amines) is 1. The number of aryl methyl sites for hydroxylation is 2. The number of amides is 1. The fourth-order valence-electron chi connectivity index (χ4n) is 3.68. The summed E-state index contributed by atoms with van der Waals surface area (Å²) in [7, 11) is 0. The molecule has 3 atom stereocenters. The number of piperidine rings is 1. The van der Waals surface area contributed by atoms with Crippen molar-refractivity contribution in [3.63, 3.8) is 0 Å².